The molecule has 0 bridgehead atoms. The molecule has 1 unspecified atom stereocenters. The normalized spacial score (nSPS) is 16.8. The topological polar surface area (TPSA) is 76.8 Å². The van der Waals surface area contributed by atoms with E-state index in [1.807, 2.05) is 29.1 Å². The minimum Gasteiger partial charge on any atom is -0.355 e. The van der Waals surface area contributed by atoms with Crippen molar-refractivity contribution >= 4 is 33.7 Å². The van der Waals surface area contributed by atoms with Gasteiger partial charge in [-0.15, -0.1) is 11.3 Å². The van der Waals surface area contributed by atoms with Gasteiger partial charge in [0.25, 0.3) is 0 Å². The first-order valence-electron chi connectivity index (χ1n) is 11.0. The number of thiophene rings is 1. The van der Waals surface area contributed by atoms with Gasteiger partial charge < -0.3 is 9.69 Å². The van der Waals surface area contributed by atoms with Gasteiger partial charge in [0.15, 0.2) is 5.82 Å². The Kier molecular flexibility index (Phi) is 5.46. The summed E-state index contributed by atoms with van der Waals surface area (Å²) in [5.41, 5.74) is 2.83. The summed E-state index contributed by atoms with van der Waals surface area (Å²) in [6, 6.07) is 8.14. The minimum atomic E-state index is 0.0345. The lowest BCUT2D eigenvalue weighted by molar-refractivity contribution is -0.111. The Morgan fingerprint density at radius 2 is 2.06 bits per heavy atom. The summed E-state index contributed by atoms with van der Waals surface area (Å²) in [6.45, 7) is 7.93. The Balaban J connectivity index is 1.69. The lowest BCUT2D eigenvalue weighted by Crippen LogP contribution is -2.36. The molecule has 0 radical (unpaired) electrons. The van der Waals surface area contributed by atoms with E-state index in [1.165, 1.54) is 0 Å². The summed E-state index contributed by atoms with van der Waals surface area (Å²) in [6.07, 6.45) is 6.77. The molecular weight excluding hydrogens is 420 g/mol. The van der Waals surface area contributed by atoms with Crippen LogP contribution in [-0.2, 0) is 4.79 Å². The van der Waals surface area contributed by atoms with Gasteiger partial charge >= 0.3 is 0 Å². The molecule has 1 aliphatic heterocycles. The number of aromatic nitrogens is 5. The van der Waals surface area contributed by atoms with E-state index in [0.717, 1.165) is 63.5 Å². The van der Waals surface area contributed by atoms with Crippen molar-refractivity contribution in [1.82, 2.24) is 24.7 Å². The molecule has 0 saturated carbocycles. The third kappa shape index (κ3) is 3.68. The summed E-state index contributed by atoms with van der Waals surface area (Å²) in [7, 11) is 0. The zero-order valence-electron chi connectivity index (χ0n) is 18.5. The van der Waals surface area contributed by atoms with Gasteiger partial charge in [0.1, 0.15) is 28.3 Å². The number of pyridine rings is 1. The monoisotopic (exact) mass is 446 g/mol. The van der Waals surface area contributed by atoms with Crippen molar-refractivity contribution in [3.8, 4) is 22.1 Å². The summed E-state index contributed by atoms with van der Waals surface area (Å²) >= 11 is 1.64. The second-order valence-electron chi connectivity index (χ2n) is 8.58. The van der Waals surface area contributed by atoms with Crippen LogP contribution in [0.5, 0.6) is 0 Å². The van der Waals surface area contributed by atoms with Crippen molar-refractivity contribution in [3.63, 3.8) is 0 Å². The van der Waals surface area contributed by atoms with Crippen molar-refractivity contribution in [2.24, 2.45) is 5.92 Å². The fraction of sp³-hybridized carbons (Fsp3) is 0.375. The van der Waals surface area contributed by atoms with Crippen molar-refractivity contribution in [1.29, 1.82) is 0 Å². The van der Waals surface area contributed by atoms with E-state index in [-0.39, 0.29) is 5.92 Å². The first-order chi connectivity index (χ1) is 15.5. The van der Waals surface area contributed by atoms with E-state index < -0.39 is 0 Å². The fourth-order valence-corrected chi connectivity index (χ4v) is 5.40. The third-order valence-corrected chi connectivity index (χ3v) is 7.19. The number of piperidine rings is 1. The van der Waals surface area contributed by atoms with Crippen molar-refractivity contribution < 1.29 is 4.79 Å². The highest BCUT2D eigenvalue weighted by molar-refractivity contribution is 7.22. The van der Waals surface area contributed by atoms with Crippen molar-refractivity contribution in [3.05, 3.63) is 42.2 Å². The Bertz CT molecular complexity index is 1260. The molecule has 1 saturated heterocycles. The summed E-state index contributed by atoms with van der Waals surface area (Å²) in [4.78, 5) is 30.2. The maximum Gasteiger partial charge on any atom is 0.181 e. The molecule has 32 heavy (non-hydrogen) atoms. The average molecular weight is 447 g/mol. The van der Waals surface area contributed by atoms with E-state index in [9.17, 15) is 4.79 Å². The largest absolute Gasteiger partial charge is 0.355 e. The van der Waals surface area contributed by atoms with Gasteiger partial charge in [0, 0.05) is 37.4 Å². The zero-order chi connectivity index (χ0) is 22.2. The Labute approximate surface area is 191 Å². The molecule has 5 rings (SSSR count). The number of nitrogens with zero attached hydrogens (tertiary/aromatic N) is 6. The van der Waals surface area contributed by atoms with Crippen LogP contribution in [0.4, 0.5) is 5.82 Å². The van der Waals surface area contributed by atoms with Crippen molar-refractivity contribution in [2.45, 2.75) is 39.7 Å². The van der Waals surface area contributed by atoms with Crippen LogP contribution in [0.15, 0.2) is 36.7 Å². The number of anilines is 1. The Morgan fingerprint density at radius 3 is 2.78 bits per heavy atom. The molecule has 5 heterocycles. The van der Waals surface area contributed by atoms with E-state index in [4.69, 9.17) is 15.1 Å². The van der Waals surface area contributed by atoms with Crippen LogP contribution < -0.4 is 4.90 Å². The molecule has 7 nitrogen and oxygen atoms in total. The number of fused-ring (bicyclic) bond motifs is 1. The standard InChI is InChI=1S/C24H26N6OS/c1-15(2)30-12-9-18(28-30)21-16(3)20-23(29-11-6-7-17(13-29)14-31)26-22(27-24(20)32-21)19-8-4-5-10-25-19/h4-5,8-10,12,14-15,17H,6-7,11,13H2,1-3H3. The van der Waals surface area contributed by atoms with Crippen LogP contribution in [0.25, 0.3) is 32.3 Å². The third-order valence-electron chi connectivity index (χ3n) is 5.98. The van der Waals surface area contributed by atoms with Gasteiger partial charge in [-0.3, -0.25) is 9.67 Å². The summed E-state index contributed by atoms with van der Waals surface area (Å²) in [5, 5.41) is 5.84. The molecule has 0 N–H and O–H groups in total. The first-order valence-corrected chi connectivity index (χ1v) is 11.8. The molecule has 1 atom stereocenters. The first kappa shape index (κ1) is 20.8. The van der Waals surface area contributed by atoms with Gasteiger partial charge in [0.2, 0.25) is 0 Å². The highest BCUT2D eigenvalue weighted by Gasteiger charge is 2.26. The predicted molar refractivity (Wildman–Crippen MR) is 128 cm³/mol. The van der Waals surface area contributed by atoms with Crippen LogP contribution in [0.1, 0.15) is 38.3 Å². The maximum absolute atomic E-state index is 11.5. The molecular formula is C24H26N6OS. The van der Waals surface area contributed by atoms with Crippen LogP contribution in [0.3, 0.4) is 0 Å². The quantitative estimate of drug-likeness (QED) is 0.405. The number of aldehydes is 1. The SMILES string of the molecule is Cc1c(-c2ccn(C(C)C)n2)sc2nc(-c3ccccn3)nc(N3CCCC(C=O)C3)c12. The van der Waals surface area contributed by atoms with E-state index in [2.05, 4.69) is 36.7 Å². The van der Waals surface area contributed by atoms with Gasteiger partial charge in [-0.25, -0.2) is 9.97 Å². The second kappa shape index (κ2) is 8.43. The minimum absolute atomic E-state index is 0.0345. The van der Waals surface area contributed by atoms with Gasteiger partial charge in [0.05, 0.1) is 10.3 Å². The molecule has 0 amide bonds. The zero-order valence-corrected chi connectivity index (χ0v) is 19.3. The molecule has 1 fully saturated rings. The smallest absolute Gasteiger partial charge is 0.181 e. The van der Waals surface area contributed by atoms with Crippen LogP contribution in [0, 0.1) is 12.8 Å². The van der Waals surface area contributed by atoms with Crippen LogP contribution >= 0.6 is 11.3 Å². The maximum atomic E-state index is 11.5. The number of hydrogen-bond acceptors (Lipinski definition) is 7. The number of carbonyl (C=O) groups is 1. The van der Waals surface area contributed by atoms with Gasteiger partial charge in [-0.2, -0.15) is 5.10 Å². The second-order valence-corrected chi connectivity index (χ2v) is 9.58. The molecule has 4 aromatic rings. The average Bonchev–Trinajstić information content (AvgIpc) is 3.44. The predicted octanol–water partition coefficient (Wildman–Crippen LogP) is 4.92. The van der Waals surface area contributed by atoms with E-state index >= 15 is 0 Å². The lowest BCUT2D eigenvalue weighted by Gasteiger charge is -2.31. The molecule has 0 spiro atoms. The van der Waals surface area contributed by atoms with Crippen LogP contribution in [-0.4, -0.2) is 44.1 Å². The highest BCUT2D eigenvalue weighted by Crippen LogP contribution is 2.42. The summed E-state index contributed by atoms with van der Waals surface area (Å²) in [5.74, 6) is 1.54. The number of aryl methyl sites for hydroxylation is 1. The van der Waals surface area contributed by atoms with Crippen molar-refractivity contribution in [2.75, 3.05) is 18.0 Å². The molecule has 4 aromatic heterocycles. The molecule has 0 aromatic carbocycles. The summed E-state index contributed by atoms with van der Waals surface area (Å²) < 4.78 is 1.98. The molecule has 0 aliphatic carbocycles. The molecule has 1 aliphatic rings. The molecule has 8 heteroatoms. The lowest BCUT2D eigenvalue weighted by atomic mass is 9.99. The van der Waals surface area contributed by atoms with E-state index in [0.29, 0.717) is 18.4 Å². The fourth-order valence-electron chi connectivity index (χ4n) is 4.26. The van der Waals surface area contributed by atoms with E-state index in [1.54, 1.807) is 17.5 Å². The molecule has 164 valence electrons. The van der Waals surface area contributed by atoms with Gasteiger partial charge in [-0.05, 0) is 57.4 Å². The van der Waals surface area contributed by atoms with Gasteiger partial charge in [-0.1, -0.05) is 6.07 Å². The highest BCUT2D eigenvalue weighted by atomic mass is 32.1. The Morgan fingerprint density at radius 1 is 1.19 bits per heavy atom. The Hall–Kier alpha value is -3.13. The number of hydrogen-bond donors (Lipinski definition) is 0. The number of carbonyl (C=O) groups excluding carboxylic acids is 1. The van der Waals surface area contributed by atoms with Crippen LogP contribution in [0.2, 0.25) is 0 Å². The number of rotatable bonds is 5.